The van der Waals surface area contributed by atoms with E-state index in [0.29, 0.717) is 26.6 Å². The van der Waals surface area contributed by atoms with Gasteiger partial charge in [0.25, 0.3) is 0 Å². The van der Waals surface area contributed by atoms with Crippen LogP contribution in [0.25, 0.3) is 47.9 Å². The van der Waals surface area contributed by atoms with Crippen LogP contribution in [0.15, 0.2) is 144 Å². The van der Waals surface area contributed by atoms with Crippen LogP contribution in [0.5, 0.6) is 0 Å². The lowest BCUT2D eigenvalue weighted by Crippen LogP contribution is -2.09. The van der Waals surface area contributed by atoms with Gasteiger partial charge in [0, 0.05) is 58.9 Å². The minimum atomic E-state index is -1.37. The number of carbonyl (C=O) groups excluding carboxylic acids is 3. The third kappa shape index (κ3) is 12.5. The van der Waals surface area contributed by atoms with Crippen molar-refractivity contribution in [2.24, 2.45) is 0 Å². The second-order valence-electron chi connectivity index (χ2n) is 19.3. The number of fused-ring (bicyclic) bond motifs is 3. The Hall–Kier alpha value is -9.88. The van der Waals surface area contributed by atoms with Crippen molar-refractivity contribution < 1.29 is 70.4 Å². The first-order chi connectivity index (χ1) is 41.6. The molecule has 3 N–H and O–H groups in total. The zero-order valence-electron chi connectivity index (χ0n) is 44.8. The number of carbonyl (C=O) groups is 6. The summed E-state index contributed by atoms with van der Waals surface area (Å²) in [5.41, 5.74) is 2.55. The Bertz CT molecular complexity index is 4760. The molecule has 0 unspecified atom stereocenters. The Kier molecular flexibility index (Phi) is 17.3. The molecule has 25 heteroatoms. The number of benzene rings is 3. The number of hydrogen-bond donors (Lipinski definition) is 3. The van der Waals surface area contributed by atoms with Gasteiger partial charge in [0.05, 0.1) is 26.4 Å². The van der Waals surface area contributed by atoms with Crippen LogP contribution in [0.1, 0.15) is 90.4 Å². The average molecular weight is 1260 g/mol. The molecule has 0 aliphatic carbocycles. The number of pyridine rings is 3. The molecule has 0 bridgehead atoms. The van der Waals surface area contributed by atoms with Crippen LogP contribution >= 0.6 is 45.6 Å². The summed E-state index contributed by atoms with van der Waals surface area (Å²) in [6.45, 7) is 3.14. The van der Waals surface area contributed by atoms with E-state index in [1.54, 1.807) is 48.8 Å². The number of halogens is 7. The maximum Gasteiger partial charge on any atom is 0.337 e. The quantitative estimate of drug-likeness (QED) is 0.0646. The van der Waals surface area contributed by atoms with E-state index >= 15 is 0 Å². The fourth-order valence-corrected chi connectivity index (χ4v) is 12.6. The molecule has 0 atom stereocenters. The van der Waals surface area contributed by atoms with Gasteiger partial charge in [0.15, 0.2) is 29.0 Å². The summed E-state index contributed by atoms with van der Waals surface area (Å²) in [7, 11) is 0. The van der Waals surface area contributed by atoms with Gasteiger partial charge in [-0.1, -0.05) is 48.0 Å². The van der Waals surface area contributed by atoms with Gasteiger partial charge in [0.1, 0.15) is 56.9 Å². The van der Waals surface area contributed by atoms with Crippen molar-refractivity contribution in [3.8, 4) is 31.3 Å². The van der Waals surface area contributed by atoms with Gasteiger partial charge in [-0.3, -0.25) is 14.4 Å². The Morgan fingerprint density at radius 2 is 0.839 bits per heavy atom. The monoisotopic (exact) mass is 1260 g/mol. The summed E-state index contributed by atoms with van der Waals surface area (Å²) < 4.78 is 88.0. The van der Waals surface area contributed by atoms with E-state index in [0.717, 1.165) is 22.7 Å². The predicted molar refractivity (Wildman–Crippen MR) is 314 cm³/mol. The highest BCUT2D eigenvalue weighted by atomic mass is 35.5. The van der Waals surface area contributed by atoms with Crippen molar-refractivity contribution in [3.05, 3.63) is 245 Å². The van der Waals surface area contributed by atoms with E-state index in [1.165, 1.54) is 134 Å². The van der Waals surface area contributed by atoms with Crippen molar-refractivity contribution in [1.29, 1.82) is 0 Å². The highest BCUT2D eigenvalue weighted by molar-refractivity contribution is 7.15. The number of Topliss-reactive ketones (excluding diaryl/α,β-unsaturated/α-hetero) is 3. The predicted octanol–water partition coefficient (Wildman–Crippen LogP) is 14.7. The molecule has 9 aromatic heterocycles. The van der Waals surface area contributed by atoms with Crippen LogP contribution in [-0.4, -0.2) is 79.4 Å². The number of hydrogen-bond acceptors (Lipinski definition) is 12. The van der Waals surface area contributed by atoms with E-state index in [9.17, 15) is 70.4 Å². The summed E-state index contributed by atoms with van der Waals surface area (Å²) in [4.78, 5) is 74.4. The molecule has 9 heterocycles. The number of aryl methyl sites for hydroxylation is 2. The van der Waals surface area contributed by atoms with Gasteiger partial charge < -0.3 is 15.3 Å². The van der Waals surface area contributed by atoms with Gasteiger partial charge in [-0.05, 0) is 136 Å². The number of thiophene rings is 3. The molecule has 0 spiro atoms. The maximum atomic E-state index is 14.4. The molecule has 87 heavy (non-hydrogen) atoms. The highest BCUT2D eigenvalue weighted by Crippen LogP contribution is 2.39. The molecule has 0 saturated heterocycles. The SMILES string of the molecule is Cc1ccc(-c2scc(CC(=O)c3cc4c(F)cccn4n3)c2C(=O)O)c(F)c1.Cc1ccc(-c2scc(CC(=O)c3cc4c(F)cccn4n3)c2C(=O)O)c(F)c1F.O=C(Cc1csc(-c2ccc(Cl)cc2)c1C(=O)O)c1cc2c(F)cccn2n1. The minimum absolute atomic E-state index is 0.0164. The molecule has 438 valence electrons. The molecule has 0 aliphatic heterocycles. The fourth-order valence-electron chi connectivity index (χ4n) is 9.25. The number of aromatic nitrogens is 6. The van der Waals surface area contributed by atoms with Crippen molar-refractivity contribution in [2.45, 2.75) is 33.1 Å². The van der Waals surface area contributed by atoms with Crippen LogP contribution in [0.4, 0.5) is 26.3 Å². The normalized spacial score (nSPS) is 11.1. The number of ketones is 3. The van der Waals surface area contributed by atoms with E-state index in [-0.39, 0.29) is 113 Å². The molecule has 12 rings (SSSR count). The zero-order chi connectivity index (χ0) is 62.1. The van der Waals surface area contributed by atoms with Crippen LogP contribution in [0, 0.1) is 48.8 Å². The summed E-state index contributed by atoms with van der Waals surface area (Å²) in [5.74, 6) is -9.37. The number of aromatic carboxylic acids is 3. The molecule has 12 aromatic rings. The van der Waals surface area contributed by atoms with Gasteiger partial charge >= 0.3 is 17.9 Å². The lowest BCUT2D eigenvalue weighted by Gasteiger charge is -2.06. The minimum Gasteiger partial charge on any atom is -0.478 e. The smallest absolute Gasteiger partial charge is 0.337 e. The average Bonchev–Trinajstić information content (AvgIpc) is 4.38. The van der Waals surface area contributed by atoms with Gasteiger partial charge in [0.2, 0.25) is 0 Å². The third-order valence-electron chi connectivity index (χ3n) is 13.5. The molecular weight excluding hydrogens is 1220 g/mol. The molecule has 0 saturated carbocycles. The maximum absolute atomic E-state index is 14.4. The molecule has 0 aliphatic rings. The van der Waals surface area contributed by atoms with E-state index in [4.69, 9.17) is 11.6 Å². The largest absolute Gasteiger partial charge is 0.478 e. The summed E-state index contributed by atoms with van der Waals surface area (Å²) in [5, 5.41) is 46.3. The Labute approximate surface area is 503 Å². The molecule has 0 fully saturated rings. The van der Waals surface area contributed by atoms with Crippen LogP contribution in [-0.2, 0) is 19.3 Å². The first-order valence-electron chi connectivity index (χ1n) is 25.6. The van der Waals surface area contributed by atoms with Gasteiger partial charge in [-0.15, -0.1) is 34.0 Å². The second kappa shape index (κ2) is 25.0. The molecular formula is C62H39ClF6N6O9S3. The lowest BCUT2D eigenvalue weighted by atomic mass is 10.0. The van der Waals surface area contributed by atoms with Crippen LogP contribution < -0.4 is 0 Å². The first kappa shape index (κ1) is 60.2. The molecule has 15 nitrogen and oxygen atoms in total. The zero-order valence-corrected chi connectivity index (χ0v) is 48.0. The standard InChI is InChI=1S/C21H13F3N2O3S.C21H14F2N2O3S.C20H12ClFN2O3S/c1-10-4-5-12(19(24)18(10)23)20-17(21(28)29)11(9-30-20)7-16(27)14-8-15-13(22)3-2-6-26(15)25-14;1-11-4-5-13(15(23)7-11)20-19(21(27)28)12(10-29-20)8-18(26)16-9-17-14(22)3-2-6-25(17)24-16;21-13-5-3-11(4-6-13)19-18(20(26)27)12(10-28-19)8-17(25)15-9-16-14(22)2-1-7-24(16)23-15/h2-6,8-9H,7H2,1H3,(H,28,29);2-7,9-10H,8H2,1H3,(H,27,28);1-7,9-10H,8H2,(H,26,27). The van der Waals surface area contributed by atoms with Crippen molar-refractivity contribution in [1.82, 2.24) is 28.8 Å². The third-order valence-corrected chi connectivity index (χ3v) is 17.0. The number of rotatable bonds is 15. The van der Waals surface area contributed by atoms with Crippen molar-refractivity contribution >= 4 is 97.4 Å². The summed E-state index contributed by atoms with van der Waals surface area (Å²) in [6, 6.07) is 26.2. The second-order valence-corrected chi connectivity index (χ2v) is 22.4. The van der Waals surface area contributed by atoms with Crippen molar-refractivity contribution in [3.63, 3.8) is 0 Å². The topological polar surface area (TPSA) is 215 Å². The van der Waals surface area contributed by atoms with E-state index in [2.05, 4.69) is 15.3 Å². The Morgan fingerprint density at radius 3 is 1.23 bits per heavy atom. The Balaban J connectivity index is 0.000000145. The number of carboxylic acid groups (broad SMARTS) is 3. The van der Waals surface area contributed by atoms with Crippen LogP contribution in [0.2, 0.25) is 5.02 Å². The summed E-state index contributed by atoms with van der Waals surface area (Å²) >= 11 is 9.11. The van der Waals surface area contributed by atoms with Crippen LogP contribution in [0.3, 0.4) is 0 Å². The molecule has 3 aromatic carbocycles. The van der Waals surface area contributed by atoms with Crippen molar-refractivity contribution in [2.75, 3.05) is 0 Å². The summed E-state index contributed by atoms with van der Waals surface area (Å²) in [6.07, 6.45) is 3.82. The Morgan fingerprint density at radius 1 is 0.460 bits per heavy atom. The number of carboxylic acids is 3. The number of nitrogens with zero attached hydrogens (tertiary/aromatic N) is 6. The fraction of sp³-hybridized carbons (Fsp3) is 0.0806. The molecule has 0 amide bonds. The molecule has 0 radical (unpaired) electrons. The van der Waals surface area contributed by atoms with E-state index in [1.807, 2.05) is 0 Å². The van der Waals surface area contributed by atoms with Gasteiger partial charge in [-0.2, -0.15) is 15.3 Å². The van der Waals surface area contributed by atoms with E-state index < -0.39 is 64.4 Å². The van der Waals surface area contributed by atoms with Gasteiger partial charge in [-0.25, -0.2) is 54.3 Å². The first-order valence-corrected chi connectivity index (χ1v) is 28.6. The highest BCUT2D eigenvalue weighted by Gasteiger charge is 2.28. The lowest BCUT2D eigenvalue weighted by molar-refractivity contribution is 0.0685.